The van der Waals surface area contributed by atoms with E-state index in [0.29, 0.717) is 15.6 Å². The molecule has 2 rings (SSSR count). The Labute approximate surface area is 108 Å². The molecule has 2 aromatic rings. The van der Waals surface area contributed by atoms with Gasteiger partial charge in [0.2, 0.25) is 0 Å². The Morgan fingerprint density at radius 1 is 1.06 bits per heavy atom. The van der Waals surface area contributed by atoms with Crippen molar-refractivity contribution in [3.8, 4) is 11.1 Å². The fraction of sp³-hybridized carbons (Fsp3) is 0. The maximum absolute atomic E-state index is 10.9. The van der Waals surface area contributed by atoms with Gasteiger partial charge < -0.3 is 5.11 Å². The second-order valence-electron chi connectivity index (χ2n) is 3.51. The smallest absolute Gasteiger partial charge is 0.335 e. The number of carboxylic acid groups (broad SMARTS) is 1. The second kappa shape index (κ2) is 4.78. The molecule has 86 valence electrons. The molecule has 0 unspecified atom stereocenters. The summed E-state index contributed by atoms with van der Waals surface area (Å²) in [7, 11) is 0. The molecule has 0 fully saturated rings. The molecule has 0 saturated heterocycles. The minimum Gasteiger partial charge on any atom is -0.478 e. The molecule has 0 atom stereocenters. The third-order valence-electron chi connectivity index (χ3n) is 2.33. The van der Waals surface area contributed by atoms with Crippen molar-refractivity contribution in [2.24, 2.45) is 0 Å². The van der Waals surface area contributed by atoms with E-state index >= 15 is 0 Å². The molecule has 0 aromatic heterocycles. The minimum atomic E-state index is -1.01. The van der Waals surface area contributed by atoms with Gasteiger partial charge in [-0.05, 0) is 29.8 Å². The normalized spacial score (nSPS) is 10.2. The summed E-state index contributed by atoms with van der Waals surface area (Å²) in [6, 6.07) is 11.9. The van der Waals surface area contributed by atoms with E-state index in [1.54, 1.807) is 18.2 Å². The molecule has 17 heavy (non-hydrogen) atoms. The summed E-state index contributed by atoms with van der Waals surface area (Å²) in [5.74, 6) is -1.01. The summed E-state index contributed by atoms with van der Waals surface area (Å²) in [4.78, 5) is 10.9. The summed E-state index contributed by atoms with van der Waals surface area (Å²) >= 11 is 11.9. The Morgan fingerprint density at radius 2 is 1.76 bits per heavy atom. The fourth-order valence-electron chi connectivity index (χ4n) is 1.56. The van der Waals surface area contributed by atoms with Crippen molar-refractivity contribution >= 4 is 29.2 Å². The Kier molecular flexibility index (Phi) is 3.36. The van der Waals surface area contributed by atoms with Crippen molar-refractivity contribution in [1.29, 1.82) is 0 Å². The Hall–Kier alpha value is -1.51. The number of carbonyl (C=O) groups is 1. The Bertz CT molecular complexity index is 579. The number of hydrogen-bond donors (Lipinski definition) is 1. The first-order chi connectivity index (χ1) is 8.08. The van der Waals surface area contributed by atoms with Gasteiger partial charge in [-0.1, -0.05) is 41.4 Å². The highest BCUT2D eigenvalue weighted by Crippen LogP contribution is 2.30. The SMILES string of the molecule is O=C(O)c1cc(Cl)cc(-c2ccccc2Cl)c1. The molecule has 0 bridgehead atoms. The first kappa shape index (κ1) is 12.0. The van der Waals surface area contributed by atoms with E-state index < -0.39 is 5.97 Å². The number of aromatic carboxylic acids is 1. The predicted octanol–water partition coefficient (Wildman–Crippen LogP) is 4.36. The Morgan fingerprint density at radius 3 is 2.41 bits per heavy atom. The first-order valence-corrected chi connectivity index (χ1v) is 5.62. The van der Waals surface area contributed by atoms with E-state index in [0.717, 1.165) is 5.56 Å². The van der Waals surface area contributed by atoms with Gasteiger partial charge in [0.25, 0.3) is 0 Å². The highest BCUT2D eigenvalue weighted by Gasteiger charge is 2.09. The quantitative estimate of drug-likeness (QED) is 0.877. The summed E-state index contributed by atoms with van der Waals surface area (Å²) in [6.07, 6.45) is 0. The van der Waals surface area contributed by atoms with Gasteiger partial charge in [0, 0.05) is 15.6 Å². The number of rotatable bonds is 2. The molecule has 0 amide bonds. The molecule has 2 nitrogen and oxygen atoms in total. The highest BCUT2D eigenvalue weighted by molar-refractivity contribution is 6.34. The van der Waals surface area contributed by atoms with Crippen molar-refractivity contribution in [2.45, 2.75) is 0 Å². The van der Waals surface area contributed by atoms with Gasteiger partial charge in [0.15, 0.2) is 0 Å². The fourth-order valence-corrected chi connectivity index (χ4v) is 2.04. The number of benzene rings is 2. The summed E-state index contributed by atoms with van der Waals surface area (Å²) in [5, 5.41) is 9.89. The average molecular weight is 267 g/mol. The van der Waals surface area contributed by atoms with Crippen LogP contribution >= 0.6 is 23.2 Å². The Balaban J connectivity index is 2.60. The molecule has 0 aliphatic rings. The van der Waals surface area contributed by atoms with Gasteiger partial charge in [-0.15, -0.1) is 0 Å². The van der Waals surface area contributed by atoms with E-state index in [1.165, 1.54) is 6.07 Å². The molecule has 0 aliphatic heterocycles. The predicted molar refractivity (Wildman–Crippen MR) is 68.9 cm³/mol. The summed E-state index contributed by atoms with van der Waals surface area (Å²) < 4.78 is 0. The van der Waals surface area contributed by atoms with Gasteiger partial charge in [0.05, 0.1) is 5.56 Å². The number of halogens is 2. The van der Waals surface area contributed by atoms with E-state index in [-0.39, 0.29) is 5.56 Å². The molecule has 0 radical (unpaired) electrons. The first-order valence-electron chi connectivity index (χ1n) is 4.87. The lowest BCUT2D eigenvalue weighted by atomic mass is 10.0. The number of carboxylic acids is 1. The van der Waals surface area contributed by atoms with Crippen LogP contribution in [0.4, 0.5) is 0 Å². The van der Waals surface area contributed by atoms with Gasteiger partial charge in [0.1, 0.15) is 0 Å². The number of hydrogen-bond acceptors (Lipinski definition) is 1. The average Bonchev–Trinajstić information content (AvgIpc) is 2.28. The molecular formula is C13H8Cl2O2. The largest absolute Gasteiger partial charge is 0.478 e. The van der Waals surface area contributed by atoms with Gasteiger partial charge in [-0.25, -0.2) is 4.79 Å². The van der Waals surface area contributed by atoms with Crippen LogP contribution in [0.25, 0.3) is 11.1 Å². The van der Waals surface area contributed by atoms with Crippen LogP contribution < -0.4 is 0 Å². The maximum atomic E-state index is 10.9. The van der Waals surface area contributed by atoms with E-state index in [4.69, 9.17) is 28.3 Å². The highest BCUT2D eigenvalue weighted by atomic mass is 35.5. The zero-order valence-corrected chi connectivity index (χ0v) is 10.2. The van der Waals surface area contributed by atoms with E-state index in [1.807, 2.05) is 18.2 Å². The minimum absolute atomic E-state index is 0.146. The zero-order valence-electron chi connectivity index (χ0n) is 8.65. The second-order valence-corrected chi connectivity index (χ2v) is 4.36. The van der Waals surface area contributed by atoms with Gasteiger partial charge in [-0.2, -0.15) is 0 Å². The van der Waals surface area contributed by atoms with Crippen LogP contribution in [-0.4, -0.2) is 11.1 Å². The van der Waals surface area contributed by atoms with Crippen molar-refractivity contribution in [1.82, 2.24) is 0 Å². The van der Waals surface area contributed by atoms with E-state index in [2.05, 4.69) is 0 Å². The lowest BCUT2D eigenvalue weighted by Crippen LogP contribution is -1.96. The van der Waals surface area contributed by atoms with Crippen molar-refractivity contribution in [3.05, 3.63) is 58.1 Å². The van der Waals surface area contributed by atoms with Crippen LogP contribution in [0, 0.1) is 0 Å². The third-order valence-corrected chi connectivity index (χ3v) is 2.88. The van der Waals surface area contributed by atoms with Crippen molar-refractivity contribution in [3.63, 3.8) is 0 Å². The topological polar surface area (TPSA) is 37.3 Å². The van der Waals surface area contributed by atoms with Gasteiger partial charge >= 0.3 is 5.97 Å². The molecule has 0 spiro atoms. The summed E-state index contributed by atoms with van der Waals surface area (Å²) in [5.41, 5.74) is 1.60. The van der Waals surface area contributed by atoms with Crippen molar-refractivity contribution in [2.75, 3.05) is 0 Å². The van der Waals surface area contributed by atoms with Crippen LogP contribution in [0.1, 0.15) is 10.4 Å². The van der Waals surface area contributed by atoms with Crippen molar-refractivity contribution < 1.29 is 9.90 Å². The summed E-state index contributed by atoms with van der Waals surface area (Å²) in [6.45, 7) is 0. The molecule has 1 N–H and O–H groups in total. The molecule has 0 aliphatic carbocycles. The standard InChI is InChI=1S/C13H8Cl2O2/c14-10-6-8(5-9(7-10)13(16)17)11-3-1-2-4-12(11)15/h1-7H,(H,16,17). The maximum Gasteiger partial charge on any atom is 0.335 e. The molecule has 0 saturated carbocycles. The van der Waals surface area contributed by atoms with Crippen LogP contribution in [0.3, 0.4) is 0 Å². The molecular weight excluding hydrogens is 259 g/mol. The lowest BCUT2D eigenvalue weighted by molar-refractivity contribution is 0.0697. The van der Waals surface area contributed by atoms with E-state index in [9.17, 15) is 4.79 Å². The molecule has 2 aromatic carbocycles. The third kappa shape index (κ3) is 2.60. The van der Waals surface area contributed by atoms with Gasteiger partial charge in [-0.3, -0.25) is 0 Å². The monoisotopic (exact) mass is 266 g/mol. The molecule has 0 heterocycles. The van der Waals surface area contributed by atoms with Crippen LogP contribution in [0.15, 0.2) is 42.5 Å². The van der Waals surface area contributed by atoms with Crippen LogP contribution in [0.5, 0.6) is 0 Å². The lowest BCUT2D eigenvalue weighted by Gasteiger charge is -2.06. The van der Waals surface area contributed by atoms with Crippen LogP contribution in [0.2, 0.25) is 10.0 Å². The van der Waals surface area contributed by atoms with Crippen LogP contribution in [-0.2, 0) is 0 Å². The molecule has 4 heteroatoms. The zero-order chi connectivity index (χ0) is 12.4.